The number of imide groups is 1. The number of aliphatic hydroxyl groups excluding tert-OH is 1. The maximum absolute atomic E-state index is 12.9. The van der Waals surface area contributed by atoms with E-state index < -0.39 is 17.6 Å². The number of aryl methyl sites for hydroxylation is 2. The number of hydrogen-bond acceptors (Lipinski definition) is 5. The second-order valence-corrected chi connectivity index (χ2v) is 7.18. The van der Waals surface area contributed by atoms with E-state index >= 15 is 0 Å². The summed E-state index contributed by atoms with van der Waals surface area (Å²) in [5.74, 6) is -0.341. The van der Waals surface area contributed by atoms with E-state index in [1.165, 1.54) is 0 Å². The third-order valence-corrected chi connectivity index (χ3v) is 5.17. The Kier molecular flexibility index (Phi) is 6.45. The number of hydrogen-bond donors (Lipinski definition) is 1. The minimum absolute atomic E-state index is 0.0600. The molecule has 6 nitrogen and oxygen atoms in total. The Labute approximate surface area is 176 Å². The summed E-state index contributed by atoms with van der Waals surface area (Å²) >= 11 is 0. The molecule has 1 aliphatic rings. The highest BCUT2D eigenvalue weighted by atomic mass is 16.5. The van der Waals surface area contributed by atoms with Crippen molar-refractivity contribution in [1.82, 2.24) is 4.90 Å². The Balaban J connectivity index is 1.77. The molecule has 0 atom stereocenters. The fraction of sp³-hybridized carbons (Fsp3) is 0.333. The number of rotatable bonds is 8. The highest BCUT2D eigenvalue weighted by molar-refractivity contribution is 6.34. The summed E-state index contributed by atoms with van der Waals surface area (Å²) in [5.41, 5.74) is 3.58. The van der Waals surface area contributed by atoms with E-state index in [4.69, 9.17) is 9.47 Å². The number of carbonyl (C=O) groups excluding carboxylic acids is 2. The molecule has 1 heterocycles. The number of ether oxygens (including phenoxy) is 2. The van der Waals surface area contributed by atoms with Gasteiger partial charge in [-0.3, -0.25) is 14.5 Å². The molecule has 2 aromatic rings. The molecule has 1 N–H and O–H groups in total. The molecule has 2 aromatic carbocycles. The third-order valence-electron chi connectivity index (χ3n) is 5.17. The fourth-order valence-corrected chi connectivity index (χ4v) is 3.42. The van der Waals surface area contributed by atoms with Crippen LogP contribution in [0.4, 0.5) is 0 Å². The van der Waals surface area contributed by atoms with Gasteiger partial charge in [0.1, 0.15) is 0 Å². The minimum Gasteiger partial charge on any atom is -0.502 e. The maximum Gasteiger partial charge on any atom is 0.296 e. The van der Waals surface area contributed by atoms with E-state index in [0.717, 1.165) is 21.6 Å². The van der Waals surface area contributed by atoms with Crippen LogP contribution in [0.5, 0.6) is 11.5 Å². The van der Waals surface area contributed by atoms with Gasteiger partial charge in [-0.1, -0.05) is 24.3 Å². The molecule has 30 heavy (non-hydrogen) atoms. The average molecular weight is 409 g/mol. The van der Waals surface area contributed by atoms with Gasteiger partial charge in [-0.2, -0.15) is 0 Å². The number of benzene rings is 2. The summed E-state index contributed by atoms with van der Waals surface area (Å²) in [5, 5.41) is 10.3. The van der Waals surface area contributed by atoms with E-state index in [-0.39, 0.29) is 12.1 Å². The molecule has 0 bridgehead atoms. The van der Waals surface area contributed by atoms with Crippen LogP contribution >= 0.6 is 0 Å². The Morgan fingerprint density at radius 2 is 1.57 bits per heavy atom. The molecule has 0 fully saturated rings. The SMILES string of the molecule is CCOc1ccc(CCN2C(=O)C(O)=C(c3ccc(C)c(C)c3)C2=O)cc1OCC. The van der Waals surface area contributed by atoms with Gasteiger partial charge in [0.2, 0.25) is 0 Å². The summed E-state index contributed by atoms with van der Waals surface area (Å²) in [7, 11) is 0. The van der Waals surface area contributed by atoms with E-state index in [2.05, 4.69) is 0 Å². The Morgan fingerprint density at radius 1 is 0.867 bits per heavy atom. The zero-order valence-electron chi connectivity index (χ0n) is 17.8. The standard InChI is InChI=1S/C24H27NO5/c1-5-29-19-10-8-17(14-20(19)30-6-2)11-12-25-23(27)21(22(26)24(25)28)18-9-7-15(3)16(4)13-18/h7-10,13-14,26H,5-6,11-12H2,1-4H3. The second kappa shape index (κ2) is 9.03. The van der Waals surface area contributed by atoms with Crippen LogP contribution in [0.2, 0.25) is 0 Å². The van der Waals surface area contributed by atoms with Crippen molar-refractivity contribution < 1.29 is 24.2 Å². The summed E-state index contributed by atoms with van der Waals surface area (Å²) in [6.45, 7) is 8.89. The minimum atomic E-state index is -0.663. The topological polar surface area (TPSA) is 76.1 Å². The van der Waals surface area contributed by atoms with Gasteiger partial charge in [0, 0.05) is 6.54 Å². The van der Waals surface area contributed by atoms with Crippen LogP contribution < -0.4 is 9.47 Å². The number of nitrogens with zero attached hydrogens (tertiary/aromatic N) is 1. The summed E-state index contributed by atoms with van der Waals surface area (Å²) in [4.78, 5) is 26.5. The first-order valence-corrected chi connectivity index (χ1v) is 10.1. The van der Waals surface area contributed by atoms with E-state index in [1.807, 2.05) is 58.0 Å². The summed E-state index contributed by atoms with van der Waals surface area (Å²) in [6, 6.07) is 11.0. The van der Waals surface area contributed by atoms with Gasteiger partial charge in [-0.25, -0.2) is 0 Å². The zero-order chi connectivity index (χ0) is 21.8. The van der Waals surface area contributed by atoms with Crippen LogP contribution in [0.25, 0.3) is 5.57 Å². The molecule has 0 aliphatic carbocycles. The smallest absolute Gasteiger partial charge is 0.296 e. The average Bonchev–Trinajstić information content (AvgIpc) is 2.93. The van der Waals surface area contributed by atoms with Crippen molar-refractivity contribution in [3.05, 3.63) is 64.4 Å². The van der Waals surface area contributed by atoms with E-state index in [0.29, 0.717) is 36.7 Å². The molecule has 0 unspecified atom stereocenters. The van der Waals surface area contributed by atoms with Gasteiger partial charge >= 0.3 is 0 Å². The first kappa shape index (κ1) is 21.4. The summed E-state index contributed by atoms with van der Waals surface area (Å²) < 4.78 is 11.2. The molecule has 0 spiro atoms. The number of carbonyl (C=O) groups is 2. The molecule has 0 saturated heterocycles. The monoisotopic (exact) mass is 409 g/mol. The third kappa shape index (κ3) is 4.17. The molecule has 0 radical (unpaired) electrons. The van der Waals surface area contributed by atoms with Crippen molar-refractivity contribution in [1.29, 1.82) is 0 Å². The lowest BCUT2D eigenvalue weighted by Gasteiger charge is -2.16. The van der Waals surface area contributed by atoms with E-state index in [1.54, 1.807) is 6.07 Å². The number of amides is 2. The van der Waals surface area contributed by atoms with Gasteiger partial charge in [0.05, 0.1) is 18.8 Å². The molecule has 6 heteroatoms. The van der Waals surface area contributed by atoms with Crippen LogP contribution in [-0.2, 0) is 16.0 Å². The molecule has 1 aliphatic heterocycles. The lowest BCUT2D eigenvalue weighted by atomic mass is 10.00. The predicted octanol–water partition coefficient (Wildman–Crippen LogP) is 3.98. The normalized spacial score (nSPS) is 13.9. The molecule has 0 aromatic heterocycles. The Morgan fingerprint density at radius 3 is 2.23 bits per heavy atom. The Bertz CT molecular complexity index is 1010. The molecule has 158 valence electrons. The van der Waals surface area contributed by atoms with Gasteiger partial charge in [-0.15, -0.1) is 0 Å². The lowest BCUT2D eigenvalue weighted by Crippen LogP contribution is -2.33. The van der Waals surface area contributed by atoms with Crippen LogP contribution in [0.15, 0.2) is 42.2 Å². The predicted molar refractivity (Wildman–Crippen MR) is 115 cm³/mol. The number of aliphatic hydroxyl groups is 1. The quantitative estimate of drug-likeness (QED) is 0.668. The van der Waals surface area contributed by atoms with Crippen molar-refractivity contribution in [3.8, 4) is 11.5 Å². The van der Waals surface area contributed by atoms with Crippen molar-refractivity contribution in [2.24, 2.45) is 0 Å². The van der Waals surface area contributed by atoms with Crippen LogP contribution in [0, 0.1) is 13.8 Å². The fourth-order valence-electron chi connectivity index (χ4n) is 3.42. The second-order valence-electron chi connectivity index (χ2n) is 7.18. The summed E-state index contributed by atoms with van der Waals surface area (Å²) in [6.07, 6.45) is 0.442. The highest BCUT2D eigenvalue weighted by Crippen LogP contribution is 2.31. The highest BCUT2D eigenvalue weighted by Gasteiger charge is 2.38. The van der Waals surface area contributed by atoms with Crippen molar-refractivity contribution in [3.63, 3.8) is 0 Å². The van der Waals surface area contributed by atoms with Crippen molar-refractivity contribution >= 4 is 17.4 Å². The molecular formula is C24H27NO5. The first-order chi connectivity index (χ1) is 14.4. The molecule has 0 saturated carbocycles. The van der Waals surface area contributed by atoms with Crippen molar-refractivity contribution in [2.75, 3.05) is 19.8 Å². The molecule has 3 rings (SSSR count). The zero-order valence-corrected chi connectivity index (χ0v) is 17.8. The van der Waals surface area contributed by atoms with Crippen LogP contribution in [-0.4, -0.2) is 41.6 Å². The van der Waals surface area contributed by atoms with Gasteiger partial charge in [0.25, 0.3) is 11.8 Å². The Hall–Kier alpha value is -3.28. The first-order valence-electron chi connectivity index (χ1n) is 10.1. The maximum atomic E-state index is 12.9. The van der Waals surface area contributed by atoms with Crippen molar-refractivity contribution in [2.45, 2.75) is 34.1 Å². The lowest BCUT2D eigenvalue weighted by molar-refractivity contribution is -0.138. The molecular weight excluding hydrogens is 382 g/mol. The van der Waals surface area contributed by atoms with Crippen LogP contribution in [0.3, 0.4) is 0 Å². The molecule has 2 amide bonds. The van der Waals surface area contributed by atoms with Crippen LogP contribution in [0.1, 0.15) is 36.1 Å². The van der Waals surface area contributed by atoms with Gasteiger partial charge in [-0.05, 0) is 68.5 Å². The van der Waals surface area contributed by atoms with E-state index in [9.17, 15) is 14.7 Å². The van der Waals surface area contributed by atoms with Gasteiger partial charge < -0.3 is 14.6 Å². The van der Waals surface area contributed by atoms with Gasteiger partial charge in [0.15, 0.2) is 17.3 Å². The largest absolute Gasteiger partial charge is 0.502 e.